The van der Waals surface area contributed by atoms with Crippen LogP contribution in [0, 0.1) is 6.92 Å². The van der Waals surface area contributed by atoms with Crippen LogP contribution in [0.1, 0.15) is 5.56 Å². The summed E-state index contributed by atoms with van der Waals surface area (Å²) >= 11 is 24.7. The van der Waals surface area contributed by atoms with Gasteiger partial charge in [0.25, 0.3) is 5.89 Å². The molecule has 2 heterocycles. The fourth-order valence-corrected chi connectivity index (χ4v) is 4.24. The fourth-order valence-electron chi connectivity index (χ4n) is 3.50. The molecular formula is C24H14Cl4N4O. The molecule has 33 heavy (non-hydrogen) atoms. The Labute approximate surface area is 209 Å². The van der Waals surface area contributed by atoms with Crippen LogP contribution in [0.2, 0.25) is 20.1 Å². The van der Waals surface area contributed by atoms with E-state index in [0.29, 0.717) is 37.4 Å². The maximum atomic E-state index is 6.52. The molecule has 5 aromatic rings. The van der Waals surface area contributed by atoms with Gasteiger partial charge in [0.1, 0.15) is 0 Å². The van der Waals surface area contributed by atoms with Gasteiger partial charge in [0, 0.05) is 31.8 Å². The first kappa shape index (κ1) is 22.0. The molecule has 0 aliphatic carbocycles. The predicted molar refractivity (Wildman–Crippen MR) is 133 cm³/mol. The van der Waals surface area contributed by atoms with Gasteiger partial charge in [-0.1, -0.05) is 58.5 Å². The second kappa shape index (κ2) is 8.84. The molecule has 3 aromatic carbocycles. The highest BCUT2D eigenvalue weighted by Gasteiger charge is 2.23. The van der Waals surface area contributed by atoms with Gasteiger partial charge in [-0.2, -0.15) is 5.10 Å². The Hall–Kier alpha value is -2.83. The SMILES string of the molecule is Cc1c(-c2nnc(-c3ccc(Cl)cc3)o2)nn(-c2ccc(Cl)cc2Cl)c1-c1ccc(Cl)cc1. The Morgan fingerprint density at radius 1 is 0.697 bits per heavy atom. The van der Waals surface area contributed by atoms with Crippen LogP contribution in [0.5, 0.6) is 0 Å². The maximum absolute atomic E-state index is 6.52. The first-order valence-electron chi connectivity index (χ1n) is 9.81. The summed E-state index contributed by atoms with van der Waals surface area (Å²) in [6.07, 6.45) is 0. The molecule has 0 radical (unpaired) electrons. The number of hydrogen-bond acceptors (Lipinski definition) is 4. The zero-order chi connectivity index (χ0) is 23.1. The Morgan fingerprint density at radius 3 is 1.91 bits per heavy atom. The van der Waals surface area contributed by atoms with Crippen LogP contribution < -0.4 is 0 Å². The van der Waals surface area contributed by atoms with E-state index < -0.39 is 0 Å². The molecule has 0 bridgehead atoms. The summed E-state index contributed by atoms with van der Waals surface area (Å²) in [5.41, 5.74) is 4.52. The van der Waals surface area contributed by atoms with Crippen molar-refractivity contribution in [3.05, 3.63) is 92.4 Å². The van der Waals surface area contributed by atoms with Gasteiger partial charge in [0.2, 0.25) is 5.89 Å². The van der Waals surface area contributed by atoms with E-state index in [0.717, 1.165) is 22.4 Å². The number of aromatic nitrogens is 4. The van der Waals surface area contributed by atoms with Crippen molar-refractivity contribution < 1.29 is 4.42 Å². The predicted octanol–water partition coefficient (Wildman–Crippen LogP) is 8.18. The van der Waals surface area contributed by atoms with E-state index in [4.69, 9.17) is 55.9 Å². The lowest BCUT2D eigenvalue weighted by molar-refractivity contribution is 0.580. The quantitative estimate of drug-likeness (QED) is 0.242. The summed E-state index contributed by atoms with van der Waals surface area (Å²) in [6.45, 7) is 1.94. The molecule has 0 saturated heterocycles. The molecule has 0 unspecified atom stereocenters. The zero-order valence-electron chi connectivity index (χ0n) is 17.1. The molecular weight excluding hydrogens is 502 g/mol. The monoisotopic (exact) mass is 514 g/mol. The Balaban J connectivity index is 1.68. The van der Waals surface area contributed by atoms with Gasteiger partial charge in [-0.3, -0.25) is 0 Å². The summed E-state index contributed by atoms with van der Waals surface area (Å²) < 4.78 is 7.72. The summed E-state index contributed by atoms with van der Waals surface area (Å²) in [5.74, 6) is 0.657. The van der Waals surface area contributed by atoms with Gasteiger partial charge >= 0.3 is 0 Å². The van der Waals surface area contributed by atoms with Crippen molar-refractivity contribution in [2.75, 3.05) is 0 Å². The number of benzene rings is 3. The van der Waals surface area contributed by atoms with Crippen LogP contribution in [-0.4, -0.2) is 20.0 Å². The van der Waals surface area contributed by atoms with Crippen LogP contribution >= 0.6 is 46.4 Å². The third-order valence-electron chi connectivity index (χ3n) is 5.10. The van der Waals surface area contributed by atoms with Crippen molar-refractivity contribution in [2.45, 2.75) is 6.92 Å². The van der Waals surface area contributed by atoms with Gasteiger partial charge in [0.05, 0.1) is 16.4 Å². The summed E-state index contributed by atoms with van der Waals surface area (Å²) in [6, 6.07) is 19.9. The van der Waals surface area contributed by atoms with E-state index >= 15 is 0 Å². The topological polar surface area (TPSA) is 56.7 Å². The normalized spacial score (nSPS) is 11.2. The molecule has 0 N–H and O–H groups in total. The smallest absolute Gasteiger partial charge is 0.268 e. The molecule has 0 fully saturated rings. The van der Waals surface area contributed by atoms with Crippen LogP contribution in [0.4, 0.5) is 0 Å². The van der Waals surface area contributed by atoms with E-state index in [9.17, 15) is 0 Å². The van der Waals surface area contributed by atoms with Gasteiger partial charge in [-0.05, 0) is 61.5 Å². The van der Waals surface area contributed by atoms with Crippen LogP contribution in [0.3, 0.4) is 0 Å². The molecule has 0 spiro atoms. The lowest BCUT2D eigenvalue weighted by Gasteiger charge is -2.11. The maximum Gasteiger partial charge on any atom is 0.268 e. The third kappa shape index (κ3) is 4.25. The van der Waals surface area contributed by atoms with Gasteiger partial charge in [0.15, 0.2) is 5.69 Å². The lowest BCUT2D eigenvalue weighted by atomic mass is 10.1. The molecule has 164 valence electrons. The molecule has 0 saturated carbocycles. The first-order chi connectivity index (χ1) is 15.9. The van der Waals surface area contributed by atoms with Gasteiger partial charge < -0.3 is 4.42 Å². The largest absolute Gasteiger partial charge is 0.415 e. The van der Waals surface area contributed by atoms with Crippen molar-refractivity contribution in [3.63, 3.8) is 0 Å². The molecule has 0 aliphatic heterocycles. The number of hydrogen-bond donors (Lipinski definition) is 0. The minimum absolute atomic E-state index is 0.288. The van der Waals surface area contributed by atoms with Gasteiger partial charge in [-0.25, -0.2) is 4.68 Å². The van der Waals surface area contributed by atoms with E-state index in [1.807, 2.05) is 49.4 Å². The molecule has 2 aromatic heterocycles. The number of halogens is 4. The third-order valence-corrected chi connectivity index (χ3v) is 6.14. The first-order valence-corrected chi connectivity index (χ1v) is 11.3. The molecule has 0 aliphatic rings. The van der Waals surface area contributed by atoms with Crippen LogP contribution in [0.15, 0.2) is 71.1 Å². The minimum atomic E-state index is 0.288. The molecule has 5 rings (SSSR count). The van der Waals surface area contributed by atoms with Crippen molar-refractivity contribution in [1.82, 2.24) is 20.0 Å². The van der Waals surface area contributed by atoms with Crippen molar-refractivity contribution >= 4 is 46.4 Å². The zero-order valence-corrected chi connectivity index (χ0v) is 20.1. The van der Waals surface area contributed by atoms with Crippen molar-refractivity contribution in [3.8, 4) is 40.0 Å². The molecule has 9 heteroatoms. The van der Waals surface area contributed by atoms with Crippen LogP contribution in [0.25, 0.3) is 40.0 Å². The summed E-state index contributed by atoms with van der Waals surface area (Å²) in [5, 5.41) is 15.5. The average molecular weight is 516 g/mol. The summed E-state index contributed by atoms with van der Waals surface area (Å²) in [7, 11) is 0. The Kier molecular flexibility index (Phi) is 5.89. The fraction of sp³-hybridized carbons (Fsp3) is 0.0417. The highest BCUT2D eigenvalue weighted by molar-refractivity contribution is 6.35. The van der Waals surface area contributed by atoms with E-state index in [-0.39, 0.29) is 5.89 Å². The minimum Gasteiger partial charge on any atom is -0.415 e. The summed E-state index contributed by atoms with van der Waals surface area (Å²) in [4.78, 5) is 0. The Morgan fingerprint density at radius 2 is 1.27 bits per heavy atom. The molecule has 5 nitrogen and oxygen atoms in total. The van der Waals surface area contributed by atoms with Crippen LogP contribution in [-0.2, 0) is 0 Å². The second-order valence-corrected chi connectivity index (χ2v) is 8.97. The lowest BCUT2D eigenvalue weighted by Crippen LogP contribution is -2.00. The highest BCUT2D eigenvalue weighted by Crippen LogP contribution is 2.36. The molecule has 0 amide bonds. The number of rotatable bonds is 4. The Bertz CT molecular complexity index is 1460. The van der Waals surface area contributed by atoms with E-state index in [2.05, 4.69) is 10.2 Å². The van der Waals surface area contributed by atoms with E-state index in [1.165, 1.54) is 0 Å². The molecule has 0 atom stereocenters. The average Bonchev–Trinajstić information content (AvgIpc) is 3.40. The van der Waals surface area contributed by atoms with E-state index in [1.54, 1.807) is 28.9 Å². The highest BCUT2D eigenvalue weighted by atomic mass is 35.5. The standard InChI is InChI=1S/C24H14Cl4N4O/c1-13-21(24-30-29-23(33-24)15-4-8-17(26)9-5-15)31-32(20-11-10-18(27)12-19(20)28)22(13)14-2-6-16(25)7-3-14/h2-12H,1H3. The van der Waals surface area contributed by atoms with Crippen molar-refractivity contribution in [2.24, 2.45) is 0 Å². The number of nitrogens with zero attached hydrogens (tertiary/aromatic N) is 4. The van der Waals surface area contributed by atoms with Gasteiger partial charge in [-0.15, -0.1) is 10.2 Å². The van der Waals surface area contributed by atoms with Crippen molar-refractivity contribution in [1.29, 1.82) is 0 Å². The second-order valence-electron chi connectivity index (χ2n) is 7.26.